The third-order valence-corrected chi connectivity index (χ3v) is 4.55. The minimum absolute atomic E-state index is 0.0781. The average molecular weight is 329 g/mol. The SMILES string of the molecule is Cc1ccc(C(Cc2cc(Br)cs2)NN)cc1F. The van der Waals surface area contributed by atoms with E-state index in [-0.39, 0.29) is 11.9 Å². The van der Waals surface area contributed by atoms with Gasteiger partial charge in [0.1, 0.15) is 5.82 Å². The summed E-state index contributed by atoms with van der Waals surface area (Å²) in [5.41, 5.74) is 4.26. The van der Waals surface area contributed by atoms with Crippen molar-refractivity contribution in [2.45, 2.75) is 19.4 Å². The van der Waals surface area contributed by atoms with Gasteiger partial charge in [0.2, 0.25) is 0 Å². The number of halogens is 2. The van der Waals surface area contributed by atoms with Gasteiger partial charge in [-0.15, -0.1) is 11.3 Å². The van der Waals surface area contributed by atoms with Crippen LogP contribution in [0.4, 0.5) is 4.39 Å². The summed E-state index contributed by atoms with van der Waals surface area (Å²) in [6.07, 6.45) is 0.745. The summed E-state index contributed by atoms with van der Waals surface area (Å²) in [4.78, 5) is 1.20. The molecule has 1 aromatic carbocycles. The third kappa shape index (κ3) is 3.17. The topological polar surface area (TPSA) is 38.0 Å². The molecule has 3 N–H and O–H groups in total. The number of thiophene rings is 1. The van der Waals surface area contributed by atoms with Crippen LogP contribution < -0.4 is 11.3 Å². The number of hydrogen-bond donors (Lipinski definition) is 2. The van der Waals surface area contributed by atoms with E-state index in [0.717, 1.165) is 16.5 Å². The van der Waals surface area contributed by atoms with Crippen LogP contribution in [-0.2, 0) is 6.42 Å². The quantitative estimate of drug-likeness (QED) is 0.663. The highest BCUT2D eigenvalue weighted by Crippen LogP contribution is 2.26. The van der Waals surface area contributed by atoms with E-state index in [1.54, 1.807) is 30.4 Å². The molecule has 2 nitrogen and oxygen atoms in total. The van der Waals surface area contributed by atoms with E-state index in [9.17, 15) is 4.39 Å². The Morgan fingerprint density at radius 2 is 2.22 bits per heavy atom. The molecule has 1 unspecified atom stereocenters. The molecule has 5 heteroatoms. The van der Waals surface area contributed by atoms with E-state index < -0.39 is 0 Å². The number of hydrogen-bond acceptors (Lipinski definition) is 3. The van der Waals surface area contributed by atoms with Crippen LogP contribution in [0.25, 0.3) is 0 Å². The predicted octanol–water partition coefficient (Wildman–Crippen LogP) is 3.71. The van der Waals surface area contributed by atoms with Gasteiger partial charge in [-0.25, -0.2) is 4.39 Å². The molecule has 0 saturated heterocycles. The highest BCUT2D eigenvalue weighted by atomic mass is 79.9. The molecule has 18 heavy (non-hydrogen) atoms. The molecule has 0 aliphatic rings. The molecule has 0 spiro atoms. The molecule has 2 aromatic rings. The van der Waals surface area contributed by atoms with Crippen LogP contribution >= 0.6 is 27.3 Å². The molecule has 0 fully saturated rings. The highest BCUT2D eigenvalue weighted by Gasteiger charge is 2.13. The summed E-state index contributed by atoms with van der Waals surface area (Å²) in [6.45, 7) is 1.75. The summed E-state index contributed by atoms with van der Waals surface area (Å²) < 4.78 is 14.6. The Morgan fingerprint density at radius 1 is 1.44 bits per heavy atom. The minimum atomic E-state index is -0.194. The highest BCUT2D eigenvalue weighted by molar-refractivity contribution is 9.10. The first kappa shape index (κ1) is 13.7. The van der Waals surface area contributed by atoms with Crippen LogP contribution in [0.1, 0.15) is 22.0 Å². The van der Waals surface area contributed by atoms with Crippen molar-refractivity contribution in [1.82, 2.24) is 5.43 Å². The molecule has 0 bridgehead atoms. The lowest BCUT2D eigenvalue weighted by Crippen LogP contribution is -2.29. The van der Waals surface area contributed by atoms with Crippen molar-refractivity contribution in [2.24, 2.45) is 5.84 Å². The fourth-order valence-electron chi connectivity index (χ4n) is 1.76. The number of rotatable bonds is 4. The lowest BCUT2D eigenvalue weighted by atomic mass is 10.0. The lowest BCUT2D eigenvalue weighted by molar-refractivity contribution is 0.546. The van der Waals surface area contributed by atoms with Crippen molar-refractivity contribution in [1.29, 1.82) is 0 Å². The molecule has 0 saturated carbocycles. The van der Waals surface area contributed by atoms with Gasteiger partial charge in [-0.3, -0.25) is 11.3 Å². The van der Waals surface area contributed by atoms with Crippen molar-refractivity contribution >= 4 is 27.3 Å². The van der Waals surface area contributed by atoms with Crippen molar-refractivity contribution in [2.75, 3.05) is 0 Å². The zero-order valence-electron chi connectivity index (χ0n) is 9.91. The summed E-state index contributed by atoms with van der Waals surface area (Å²) in [5, 5.41) is 2.03. The number of hydrazine groups is 1. The molecule has 1 heterocycles. The number of nitrogens with one attached hydrogen (secondary N) is 1. The third-order valence-electron chi connectivity index (χ3n) is 2.83. The predicted molar refractivity (Wildman–Crippen MR) is 76.9 cm³/mol. The van der Waals surface area contributed by atoms with Gasteiger partial charge in [0.05, 0.1) is 6.04 Å². The van der Waals surface area contributed by atoms with Crippen LogP contribution in [0.3, 0.4) is 0 Å². The number of aryl methyl sites for hydroxylation is 1. The van der Waals surface area contributed by atoms with Crippen molar-refractivity contribution in [3.05, 3.63) is 55.9 Å². The summed E-state index contributed by atoms with van der Waals surface area (Å²) in [7, 11) is 0. The van der Waals surface area contributed by atoms with E-state index in [1.165, 1.54) is 4.88 Å². The monoisotopic (exact) mass is 328 g/mol. The smallest absolute Gasteiger partial charge is 0.126 e. The molecule has 0 amide bonds. The maximum Gasteiger partial charge on any atom is 0.126 e. The van der Waals surface area contributed by atoms with Crippen LogP contribution in [0, 0.1) is 12.7 Å². The molecule has 0 radical (unpaired) electrons. The Kier molecular flexibility index (Phi) is 4.50. The Bertz CT molecular complexity index is 542. The van der Waals surface area contributed by atoms with Crippen LogP contribution in [-0.4, -0.2) is 0 Å². The van der Waals surface area contributed by atoms with Crippen molar-refractivity contribution < 1.29 is 4.39 Å². The van der Waals surface area contributed by atoms with Crippen LogP contribution in [0.5, 0.6) is 0 Å². The maximum atomic E-state index is 13.5. The van der Waals surface area contributed by atoms with E-state index in [1.807, 2.05) is 11.4 Å². The Morgan fingerprint density at radius 3 is 2.78 bits per heavy atom. The second kappa shape index (κ2) is 5.93. The summed E-state index contributed by atoms with van der Waals surface area (Å²) in [6, 6.07) is 7.21. The lowest BCUT2D eigenvalue weighted by Gasteiger charge is -2.16. The first-order valence-corrected chi connectivity index (χ1v) is 7.22. The molecular formula is C13H14BrFN2S. The Hall–Kier alpha value is -0.750. The van der Waals surface area contributed by atoms with E-state index in [0.29, 0.717) is 5.56 Å². The van der Waals surface area contributed by atoms with Crippen molar-refractivity contribution in [3.8, 4) is 0 Å². The first-order chi connectivity index (χ1) is 8.60. The minimum Gasteiger partial charge on any atom is -0.271 e. The molecule has 1 atom stereocenters. The van der Waals surface area contributed by atoms with Crippen LogP contribution in [0.2, 0.25) is 0 Å². The van der Waals surface area contributed by atoms with Gasteiger partial charge in [0.25, 0.3) is 0 Å². The first-order valence-electron chi connectivity index (χ1n) is 5.55. The molecule has 2 rings (SSSR count). The van der Waals surface area contributed by atoms with Gasteiger partial charge >= 0.3 is 0 Å². The summed E-state index contributed by atoms with van der Waals surface area (Å²) in [5.74, 6) is 5.37. The van der Waals surface area contributed by atoms with Gasteiger partial charge in [-0.05, 0) is 46.1 Å². The molecule has 96 valence electrons. The van der Waals surface area contributed by atoms with Gasteiger partial charge in [0.15, 0.2) is 0 Å². The largest absolute Gasteiger partial charge is 0.271 e. The molecule has 1 aromatic heterocycles. The van der Waals surface area contributed by atoms with E-state index in [2.05, 4.69) is 27.4 Å². The zero-order chi connectivity index (χ0) is 13.1. The normalized spacial score (nSPS) is 12.7. The second-order valence-electron chi connectivity index (χ2n) is 4.16. The molecule has 0 aliphatic heterocycles. The molecular weight excluding hydrogens is 315 g/mol. The second-order valence-corrected chi connectivity index (χ2v) is 6.07. The average Bonchev–Trinajstić information content (AvgIpc) is 2.75. The van der Waals surface area contributed by atoms with Gasteiger partial charge in [-0.2, -0.15) is 0 Å². The zero-order valence-corrected chi connectivity index (χ0v) is 12.3. The van der Waals surface area contributed by atoms with Gasteiger partial charge < -0.3 is 0 Å². The number of benzene rings is 1. The fraction of sp³-hybridized carbons (Fsp3) is 0.231. The summed E-state index contributed by atoms with van der Waals surface area (Å²) >= 11 is 5.08. The Balaban J connectivity index is 2.19. The number of nitrogens with two attached hydrogens (primary N) is 1. The molecule has 0 aliphatic carbocycles. The standard InChI is InChI=1S/C13H14BrFN2S/c1-8-2-3-9(4-12(8)15)13(17-16)6-11-5-10(14)7-18-11/h2-5,7,13,17H,6,16H2,1H3. The van der Waals surface area contributed by atoms with Gasteiger partial charge in [-0.1, -0.05) is 12.1 Å². The fourth-order valence-corrected chi connectivity index (χ4v) is 3.26. The van der Waals surface area contributed by atoms with E-state index in [4.69, 9.17) is 5.84 Å². The Labute approximate surface area is 118 Å². The van der Waals surface area contributed by atoms with Crippen molar-refractivity contribution in [3.63, 3.8) is 0 Å². The maximum absolute atomic E-state index is 13.5. The van der Waals surface area contributed by atoms with Gasteiger partial charge in [0, 0.05) is 21.2 Å². The van der Waals surface area contributed by atoms with Crippen LogP contribution in [0.15, 0.2) is 34.1 Å². The van der Waals surface area contributed by atoms with E-state index >= 15 is 0 Å².